The van der Waals surface area contributed by atoms with Crippen LogP contribution in [-0.2, 0) is 0 Å². The molecule has 0 amide bonds. The van der Waals surface area contributed by atoms with Gasteiger partial charge in [0.25, 0.3) is 0 Å². The number of furan rings is 1. The maximum atomic E-state index is 10.4. The lowest BCUT2D eigenvalue weighted by Gasteiger charge is -2.16. The van der Waals surface area contributed by atoms with Crippen molar-refractivity contribution in [1.82, 2.24) is 0 Å². The van der Waals surface area contributed by atoms with Crippen molar-refractivity contribution in [2.75, 3.05) is 7.11 Å². The molecule has 0 saturated carbocycles. The summed E-state index contributed by atoms with van der Waals surface area (Å²) in [5, 5.41) is 10.4. The maximum Gasteiger partial charge on any atom is 0.140 e. The minimum absolute atomic E-state index is 0.536. The second-order valence-electron chi connectivity index (χ2n) is 4.48. The number of hydrogen-bond acceptors (Lipinski definition) is 3. The molecule has 0 spiro atoms. The van der Waals surface area contributed by atoms with Gasteiger partial charge in [-0.15, -0.1) is 0 Å². The molecule has 0 aliphatic carbocycles. The van der Waals surface area contributed by atoms with Crippen LogP contribution in [0.1, 0.15) is 34.3 Å². The maximum absolute atomic E-state index is 10.4. The fraction of sp³-hybridized carbons (Fsp3) is 0.333. The van der Waals surface area contributed by atoms with Crippen molar-refractivity contribution in [2.24, 2.45) is 0 Å². The Morgan fingerprint density at radius 1 is 1.11 bits per heavy atom. The van der Waals surface area contributed by atoms with Crippen LogP contribution in [0.4, 0.5) is 0 Å². The number of benzene rings is 1. The Labute approximate surface area is 107 Å². The highest BCUT2D eigenvalue weighted by atomic mass is 16.5. The van der Waals surface area contributed by atoms with Crippen LogP contribution >= 0.6 is 0 Å². The monoisotopic (exact) mass is 246 g/mol. The summed E-state index contributed by atoms with van der Waals surface area (Å²) in [6.45, 7) is 5.86. The van der Waals surface area contributed by atoms with Gasteiger partial charge >= 0.3 is 0 Å². The zero-order valence-electron chi connectivity index (χ0n) is 11.2. The molecule has 0 fully saturated rings. The highest BCUT2D eigenvalue weighted by Crippen LogP contribution is 2.34. The fourth-order valence-electron chi connectivity index (χ4n) is 2.05. The minimum atomic E-state index is -0.798. The molecule has 1 aromatic heterocycles. The van der Waals surface area contributed by atoms with E-state index in [9.17, 15) is 5.11 Å². The molecular weight excluding hydrogens is 228 g/mol. The standard InChI is InChI=1S/C15H18O3/c1-9-5-7-12(15(17-4)11(9)3)14(16)13-8-6-10(2)18-13/h5-8,14,16H,1-4H3. The molecule has 0 saturated heterocycles. The summed E-state index contributed by atoms with van der Waals surface area (Å²) < 4.78 is 10.9. The SMILES string of the molecule is COc1c(C(O)c2ccc(C)o2)ccc(C)c1C. The van der Waals surface area contributed by atoms with E-state index in [1.807, 2.05) is 39.0 Å². The van der Waals surface area contributed by atoms with Gasteiger partial charge in [0, 0.05) is 5.56 Å². The van der Waals surface area contributed by atoms with Gasteiger partial charge in [0.15, 0.2) is 0 Å². The van der Waals surface area contributed by atoms with Gasteiger partial charge in [0.1, 0.15) is 23.4 Å². The van der Waals surface area contributed by atoms with Gasteiger partial charge in [-0.2, -0.15) is 0 Å². The third-order valence-corrected chi connectivity index (χ3v) is 3.24. The number of methoxy groups -OCH3 is 1. The van der Waals surface area contributed by atoms with Gasteiger partial charge in [-0.3, -0.25) is 0 Å². The number of aryl methyl sites for hydroxylation is 2. The van der Waals surface area contributed by atoms with Crippen LogP contribution in [0.5, 0.6) is 5.75 Å². The highest BCUT2D eigenvalue weighted by Gasteiger charge is 2.20. The average molecular weight is 246 g/mol. The fourth-order valence-corrected chi connectivity index (χ4v) is 2.05. The second kappa shape index (κ2) is 4.86. The summed E-state index contributed by atoms with van der Waals surface area (Å²) in [7, 11) is 1.62. The van der Waals surface area contributed by atoms with Gasteiger partial charge in [-0.25, -0.2) is 0 Å². The molecule has 3 heteroatoms. The normalized spacial score (nSPS) is 12.5. The lowest BCUT2D eigenvalue weighted by Crippen LogP contribution is -2.03. The van der Waals surface area contributed by atoms with Crippen LogP contribution in [0.3, 0.4) is 0 Å². The van der Waals surface area contributed by atoms with E-state index in [1.54, 1.807) is 13.2 Å². The van der Waals surface area contributed by atoms with Gasteiger partial charge in [0.05, 0.1) is 7.11 Å². The molecule has 2 rings (SSSR count). The molecule has 96 valence electrons. The third-order valence-electron chi connectivity index (χ3n) is 3.24. The molecule has 3 nitrogen and oxygen atoms in total. The molecule has 18 heavy (non-hydrogen) atoms. The lowest BCUT2D eigenvalue weighted by molar-refractivity contribution is 0.183. The van der Waals surface area contributed by atoms with E-state index < -0.39 is 6.10 Å². The molecule has 0 radical (unpaired) electrons. The summed E-state index contributed by atoms with van der Waals surface area (Å²) >= 11 is 0. The predicted molar refractivity (Wildman–Crippen MR) is 70.0 cm³/mol. The number of aliphatic hydroxyl groups is 1. The van der Waals surface area contributed by atoms with Crippen LogP contribution in [0, 0.1) is 20.8 Å². The molecule has 1 atom stereocenters. The first kappa shape index (κ1) is 12.7. The summed E-state index contributed by atoms with van der Waals surface area (Å²) in [6.07, 6.45) is -0.798. The zero-order chi connectivity index (χ0) is 13.3. The second-order valence-corrected chi connectivity index (χ2v) is 4.48. The number of rotatable bonds is 3. The Kier molecular flexibility index (Phi) is 3.43. The van der Waals surface area contributed by atoms with E-state index in [0.717, 1.165) is 28.2 Å². The van der Waals surface area contributed by atoms with Crippen molar-refractivity contribution in [1.29, 1.82) is 0 Å². The summed E-state index contributed by atoms with van der Waals surface area (Å²) in [5.41, 5.74) is 2.91. The molecule has 1 unspecified atom stereocenters. The lowest BCUT2D eigenvalue weighted by atomic mass is 9.99. The minimum Gasteiger partial charge on any atom is -0.496 e. The van der Waals surface area contributed by atoms with Gasteiger partial charge < -0.3 is 14.3 Å². The summed E-state index contributed by atoms with van der Waals surface area (Å²) in [6, 6.07) is 7.48. The van der Waals surface area contributed by atoms with Crippen molar-refractivity contribution in [2.45, 2.75) is 26.9 Å². The molecule has 1 heterocycles. The van der Waals surface area contributed by atoms with Crippen LogP contribution in [0.15, 0.2) is 28.7 Å². The quantitative estimate of drug-likeness (QED) is 0.903. The smallest absolute Gasteiger partial charge is 0.140 e. The molecule has 1 N–H and O–H groups in total. The number of aliphatic hydroxyl groups excluding tert-OH is 1. The largest absolute Gasteiger partial charge is 0.496 e. The first-order valence-corrected chi connectivity index (χ1v) is 5.93. The Morgan fingerprint density at radius 3 is 2.39 bits per heavy atom. The highest BCUT2D eigenvalue weighted by molar-refractivity contribution is 5.47. The van der Waals surface area contributed by atoms with Crippen LogP contribution in [0.2, 0.25) is 0 Å². The third kappa shape index (κ3) is 2.14. The molecule has 0 bridgehead atoms. The topological polar surface area (TPSA) is 42.6 Å². The number of hydrogen-bond donors (Lipinski definition) is 1. The Balaban J connectivity index is 2.48. The average Bonchev–Trinajstić information content (AvgIpc) is 2.78. The van der Waals surface area contributed by atoms with E-state index >= 15 is 0 Å². The van der Waals surface area contributed by atoms with Gasteiger partial charge in [0.2, 0.25) is 0 Å². The van der Waals surface area contributed by atoms with Crippen molar-refractivity contribution >= 4 is 0 Å². The van der Waals surface area contributed by atoms with E-state index in [-0.39, 0.29) is 0 Å². The molecule has 1 aromatic carbocycles. The van der Waals surface area contributed by atoms with Crippen molar-refractivity contribution in [3.05, 3.63) is 52.5 Å². The Hall–Kier alpha value is -1.74. The van der Waals surface area contributed by atoms with Gasteiger partial charge in [-0.05, 0) is 44.0 Å². The van der Waals surface area contributed by atoms with Crippen molar-refractivity contribution in [3.63, 3.8) is 0 Å². The number of ether oxygens (including phenoxy) is 1. The summed E-state index contributed by atoms with van der Waals surface area (Å²) in [4.78, 5) is 0. The Morgan fingerprint density at radius 2 is 1.83 bits per heavy atom. The van der Waals surface area contributed by atoms with Crippen molar-refractivity contribution < 1.29 is 14.3 Å². The first-order chi connectivity index (χ1) is 8.54. The summed E-state index contributed by atoms with van der Waals surface area (Å²) in [5.74, 6) is 2.04. The van der Waals surface area contributed by atoms with E-state index in [2.05, 4.69) is 0 Å². The van der Waals surface area contributed by atoms with Crippen LogP contribution < -0.4 is 4.74 Å². The molecular formula is C15H18O3. The van der Waals surface area contributed by atoms with E-state index in [0.29, 0.717) is 5.76 Å². The zero-order valence-corrected chi connectivity index (χ0v) is 11.2. The van der Waals surface area contributed by atoms with Gasteiger partial charge in [-0.1, -0.05) is 12.1 Å². The molecule has 0 aliphatic heterocycles. The van der Waals surface area contributed by atoms with E-state index in [4.69, 9.17) is 9.15 Å². The first-order valence-electron chi connectivity index (χ1n) is 5.93. The Bertz CT molecular complexity index is 555. The van der Waals surface area contributed by atoms with E-state index in [1.165, 1.54) is 0 Å². The van der Waals surface area contributed by atoms with Crippen LogP contribution in [0.25, 0.3) is 0 Å². The predicted octanol–water partition coefficient (Wildman–Crippen LogP) is 3.30. The molecule has 0 aliphatic rings. The molecule has 2 aromatic rings. The van der Waals surface area contributed by atoms with Crippen molar-refractivity contribution in [3.8, 4) is 5.75 Å². The van der Waals surface area contributed by atoms with Crippen LogP contribution in [-0.4, -0.2) is 12.2 Å².